The summed E-state index contributed by atoms with van der Waals surface area (Å²) in [6.07, 6.45) is 6.27. The first-order valence-corrected chi connectivity index (χ1v) is 7.94. The van der Waals surface area contributed by atoms with E-state index in [-0.39, 0.29) is 23.9 Å². The standard InChI is InChI=1S/C16H26O4/c1-3-10(2)16(19)20-14-7-6-11-8-13(15(17)18)5-4-12(11)9-14/h10-14H,3-9H2,1-2H3,(H,17,18). The van der Waals surface area contributed by atoms with E-state index in [2.05, 4.69) is 0 Å². The fourth-order valence-electron chi connectivity index (χ4n) is 3.62. The topological polar surface area (TPSA) is 63.6 Å². The van der Waals surface area contributed by atoms with Crippen molar-refractivity contribution in [2.75, 3.05) is 0 Å². The maximum Gasteiger partial charge on any atom is 0.308 e. The van der Waals surface area contributed by atoms with E-state index in [1.807, 2.05) is 13.8 Å². The molecule has 1 N–H and O–H groups in total. The largest absolute Gasteiger partial charge is 0.481 e. The molecule has 0 spiro atoms. The molecule has 4 heteroatoms. The molecule has 20 heavy (non-hydrogen) atoms. The average molecular weight is 282 g/mol. The van der Waals surface area contributed by atoms with Crippen molar-refractivity contribution in [3.8, 4) is 0 Å². The number of rotatable bonds is 4. The van der Waals surface area contributed by atoms with Crippen molar-refractivity contribution in [1.29, 1.82) is 0 Å². The van der Waals surface area contributed by atoms with E-state index in [0.29, 0.717) is 11.8 Å². The van der Waals surface area contributed by atoms with Crippen molar-refractivity contribution in [3.05, 3.63) is 0 Å². The number of hydrogen-bond donors (Lipinski definition) is 1. The number of carbonyl (C=O) groups excluding carboxylic acids is 1. The zero-order chi connectivity index (χ0) is 14.7. The predicted molar refractivity (Wildman–Crippen MR) is 75.1 cm³/mol. The molecule has 2 fully saturated rings. The Morgan fingerprint density at radius 2 is 1.80 bits per heavy atom. The van der Waals surface area contributed by atoms with Crippen LogP contribution in [0, 0.1) is 23.7 Å². The lowest BCUT2D eigenvalue weighted by Gasteiger charge is -2.40. The van der Waals surface area contributed by atoms with Crippen LogP contribution in [0.15, 0.2) is 0 Å². The van der Waals surface area contributed by atoms with Gasteiger partial charge in [-0.2, -0.15) is 0 Å². The van der Waals surface area contributed by atoms with Gasteiger partial charge in [-0.1, -0.05) is 13.8 Å². The molecule has 2 saturated carbocycles. The number of fused-ring (bicyclic) bond motifs is 1. The second-order valence-electron chi connectivity index (χ2n) is 6.55. The molecule has 2 aliphatic carbocycles. The normalized spacial score (nSPS) is 34.9. The molecule has 0 radical (unpaired) electrons. The van der Waals surface area contributed by atoms with Gasteiger partial charge >= 0.3 is 11.9 Å². The van der Waals surface area contributed by atoms with Gasteiger partial charge in [0.2, 0.25) is 0 Å². The summed E-state index contributed by atoms with van der Waals surface area (Å²) in [5.41, 5.74) is 0. The predicted octanol–water partition coefficient (Wildman–Crippen LogP) is 3.25. The Bertz CT molecular complexity index is 365. The molecule has 0 aromatic heterocycles. The maximum absolute atomic E-state index is 11.8. The molecule has 0 saturated heterocycles. The Morgan fingerprint density at radius 1 is 1.15 bits per heavy atom. The quantitative estimate of drug-likeness (QED) is 0.804. The molecule has 0 aromatic carbocycles. The number of carboxylic acids is 1. The summed E-state index contributed by atoms with van der Waals surface area (Å²) in [7, 11) is 0. The smallest absolute Gasteiger partial charge is 0.308 e. The summed E-state index contributed by atoms with van der Waals surface area (Å²) in [4.78, 5) is 22.9. The van der Waals surface area contributed by atoms with Crippen LogP contribution >= 0.6 is 0 Å². The third-order valence-electron chi connectivity index (χ3n) is 5.21. The lowest BCUT2D eigenvalue weighted by atomic mass is 9.67. The molecular formula is C16H26O4. The summed E-state index contributed by atoms with van der Waals surface area (Å²) >= 11 is 0. The molecule has 5 unspecified atom stereocenters. The van der Waals surface area contributed by atoms with Crippen molar-refractivity contribution in [1.82, 2.24) is 0 Å². The number of ether oxygens (including phenoxy) is 1. The summed E-state index contributed by atoms with van der Waals surface area (Å²) < 4.78 is 5.61. The van der Waals surface area contributed by atoms with Crippen LogP contribution in [0.3, 0.4) is 0 Å². The minimum absolute atomic E-state index is 0.0181. The molecule has 2 aliphatic rings. The molecule has 5 atom stereocenters. The molecule has 4 nitrogen and oxygen atoms in total. The fourth-order valence-corrected chi connectivity index (χ4v) is 3.62. The van der Waals surface area contributed by atoms with Gasteiger partial charge in [-0.05, 0) is 56.8 Å². The Hall–Kier alpha value is -1.06. The first-order valence-electron chi connectivity index (χ1n) is 7.94. The lowest BCUT2D eigenvalue weighted by molar-refractivity contribution is -0.157. The van der Waals surface area contributed by atoms with Crippen LogP contribution < -0.4 is 0 Å². The van der Waals surface area contributed by atoms with E-state index in [1.54, 1.807) is 0 Å². The second kappa shape index (κ2) is 6.59. The van der Waals surface area contributed by atoms with Crippen molar-refractivity contribution < 1.29 is 19.4 Å². The number of esters is 1. The molecule has 0 heterocycles. The number of carbonyl (C=O) groups is 2. The van der Waals surface area contributed by atoms with Gasteiger partial charge in [-0.3, -0.25) is 9.59 Å². The summed E-state index contributed by atoms with van der Waals surface area (Å²) in [6, 6.07) is 0. The van der Waals surface area contributed by atoms with E-state index in [9.17, 15) is 9.59 Å². The summed E-state index contributed by atoms with van der Waals surface area (Å²) in [5, 5.41) is 9.12. The highest BCUT2D eigenvalue weighted by molar-refractivity contribution is 5.72. The minimum atomic E-state index is -0.645. The Kier molecular flexibility index (Phi) is 5.06. The highest BCUT2D eigenvalue weighted by Crippen LogP contribution is 2.43. The number of carboxylic acid groups (broad SMARTS) is 1. The molecule has 0 aromatic rings. The van der Waals surface area contributed by atoms with Gasteiger partial charge in [0, 0.05) is 0 Å². The third-order valence-corrected chi connectivity index (χ3v) is 5.21. The van der Waals surface area contributed by atoms with Crippen LogP contribution in [0.4, 0.5) is 0 Å². The first-order chi connectivity index (χ1) is 9.51. The molecule has 114 valence electrons. The van der Waals surface area contributed by atoms with E-state index in [0.717, 1.165) is 44.9 Å². The first kappa shape index (κ1) is 15.3. The van der Waals surface area contributed by atoms with Gasteiger partial charge in [0.1, 0.15) is 6.10 Å². The zero-order valence-electron chi connectivity index (χ0n) is 12.5. The van der Waals surface area contributed by atoms with Crippen molar-refractivity contribution in [2.45, 2.75) is 64.9 Å². The molecule has 0 aliphatic heterocycles. The zero-order valence-corrected chi connectivity index (χ0v) is 12.5. The van der Waals surface area contributed by atoms with Gasteiger partial charge < -0.3 is 9.84 Å². The summed E-state index contributed by atoms with van der Waals surface area (Å²) in [6.45, 7) is 3.90. The maximum atomic E-state index is 11.8. The fraction of sp³-hybridized carbons (Fsp3) is 0.875. The van der Waals surface area contributed by atoms with Gasteiger partial charge in [0.15, 0.2) is 0 Å². The van der Waals surface area contributed by atoms with E-state index >= 15 is 0 Å². The van der Waals surface area contributed by atoms with Crippen LogP contribution in [0.1, 0.15) is 58.8 Å². The van der Waals surface area contributed by atoms with Crippen LogP contribution in [0.2, 0.25) is 0 Å². The third kappa shape index (κ3) is 3.53. The molecule has 0 amide bonds. The van der Waals surface area contributed by atoms with Crippen molar-refractivity contribution in [2.24, 2.45) is 23.7 Å². The highest BCUT2D eigenvalue weighted by Gasteiger charge is 2.38. The Balaban J connectivity index is 1.84. The van der Waals surface area contributed by atoms with E-state index in [4.69, 9.17) is 9.84 Å². The number of aliphatic carboxylic acids is 1. The minimum Gasteiger partial charge on any atom is -0.481 e. The Labute approximate surface area is 120 Å². The van der Waals surface area contributed by atoms with E-state index < -0.39 is 5.97 Å². The van der Waals surface area contributed by atoms with Crippen molar-refractivity contribution >= 4 is 11.9 Å². The summed E-state index contributed by atoms with van der Waals surface area (Å²) in [5.74, 6) is 0.173. The van der Waals surface area contributed by atoms with Crippen LogP contribution in [0.5, 0.6) is 0 Å². The van der Waals surface area contributed by atoms with Crippen LogP contribution in [0.25, 0.3) is 0 Å². The highest BCUT2D eigenvalue weighted by atomic mass is 16.5. The van der Waals surface area contributed by atoms with Crippen LogP contribution in [-0.4, -0.2) is 23.1 Å². The van der Waals surface area contributed by atoms with Gasteiger partial charge in [-0.25, -0.2) is 0 Å². The Morgan fingerprint density at radius 3 is 2.45 bits per heavy atom. The monoisotopic (exact) mass is 282 g/mol. The van der Waals surface area contributed by atoms with Gasteiger partial charge in [0.25, 0.3) is 0 Å². The van der Waals surface area contributed by atoms with E-state index in [1.165, 1.54) is 0 Å². The number of hydrogen-bond acceptors (Lipinski definition) is 3. The van der Waals surface area contributed by atoms with Gasteiger partial charge in [0.05, 0.1) is 11.8 Å². The average Bonchev–Trinajstić information content (AvgIpc) is 2.45. The molecular weight excluding hydrogens is 256 g/mol. The van der Waals surface area contributed by atoms with Crippen molar-refractivity contribution in [3.63, 3.8) is 0 Å². The molecule has 2 rings (SSSR count). The second-order valence-corrected chi connectivity index (χ2v) is 6.55. The lowest BCUT2D eigenvalue weighted by Crippen LogP contribution is -2.37. The molecule has 0 bridgehead atoms. The van der Waals surface area contributed by atoms with Gasteiger partial charge in [-0.15, -0.1) is 0 Å². The SMILES string of the molecule is CCC(C)C(=O)OC1CCC2CC(C(=O)O)CCC2C1. The van der Waals surface area contributed by atoms with Crippen LogP contribution in [-0.2, 0) is 14.3 Å².